The van der Waals surface area contributed by atoms with E-state index >= 15 is 0 Å². The van der Waals surface area contributed by atoms with E-state index in [0.717, 1.165) is 18.8 Å². The van der Waals surface area contributed by atoms with Crippen molar-refractivity contribution in [2.24, 2.45) is 5.92 Å². The number of carbonyl (C=O) groups excluding carboxylic acids is 2. The first-order chi connectivity index (χ1) is 13.7. The summed E-state index contributed by atoms with van der Waals surface area (Å²) in [5.74, 6) is -0.0442. The number of nitrogens with zero attached hydrogens (tertiary/aromatic N) is 2. The summed E-state index contributed by atoms with van der Waals surface area (Å²) >= 11 is 0. The number of furan rings is 1. The molecule has 0 spiro atoms. The summed E-state index contributed by atoms with van der Waals surface area (Å²) in [6.45, 7) is 3.41. The maximum Gasteiger partial charge on any atom is 0.257 e. The molecule has 1 aromatic carbocycles. The molecule has 0 aliphatic carbocycles. The number of anilines is 2. The third kappa shape index (κ3) is 4.21. The lowest BCUT2D eigenvalue weighted by molar-refractivity contribution is -0.121. The van der Waals surface area contributed by atoms with E-state index in [1.807, 2.05) is 12.1 Å². The van der Waals surface area contributed by atoms with Crippen molar-refractivity contribution in [3.8, 4) is 0 Å². The van der Waals surface area contributed by atoms with Crippen molar-refractivity contribution in [2.75, 3.05) is 36.4 Å². The van der Waals surface area contributed by atoms with Crippen molar-refractivity contribution in [3.63, 3.8) is 0 Å². The monoisotopic (exact) mass is 381 g/mol. The van der Waals surface area contributed by atoms with E-state index in [0.29, 0.717) is 31.5 Å². The minimum atomic E-state index is -0.0600. The molecular formula is C22H27N3O3. The van der Waals surface area contributed by atoms with E-state index in [1.54, 1.807) is 11.0 Å². The van der Waals surface area contributed by atoms with Gasteiger partial charge >= 0.3 is 0 Å². The van der Waals surface area contributed by atoms with E-state index in [1.165, 1.54) is 37.5 Å². The van der Waals surface area contributed by atoms with Crippen molar-refractivity contribution >= 4 is 23.2 Å². The fraction of sp³-hybridized carbons (Fsp3) is 0.455. The van der Waals surface area contributed by atoms with Gasteiger partial charge in [-0.3, -0.25) is 9.59 Å². The van der Waals surface area contributed by atoms with Crippen LogP contribution in [0, 0.1) is 5.92 Å². The van der Waals surface area contributed by atoms with Gasteiger partial charge in [-0.2, -0.15) is 0 Å². The van der Waals surface area contributed by atoms with Crippen molar-refractivity contribution in [1.29, 1.82) is 0 Å². The zero-order valence-electron chi connectivity index (χ0n) is 16.1. The molecule has 6 nitrogen and oxygen atoms in total. The largest absolute Gasteiger partial charge is 0.472 e. The molecule has 2 aromatic rings. The molecule has 28 heavy (non-hydrogen) atoms. The van der Waals surface area contributed by atoms with E-state index in [9.17, 15) is 9.59 Å². The number of nitrogens with one attached hydrogen (secondary N) is 1. The van der Waals surface area contributed by atoms with Crippen LogP contribution in [0.5, 0.6) is 0 Å². The second-order valence-corrected chi connectivity index (χ2v) is 7.66. The Hall–Kier alpha value is -2.76. The lowest BCUT2D eigenvalue weighted by atomic mass is 9.95. The number of hydrogen-bond donors (Lipinski definition) is 1. The van der Waals surface area contributed by atoms with E-state index in [4.69, 9.17) is 4.42 Å². The molecule has 3 heterocycles. The fourth-order valence-corrected chi connectivity index (χ4v) is 4.07. The molecule has 2 aliphatic rings. The second-order valence-electron chi connectivity index (χ2n) is 7.66. The summed E-state index contributed by atoms with van der Waals surface area (Å²) in [6.07, 6.45) is 8.15. The van der Waals surface area contributed by atoms with Gasteiger partial charge in [0, 0.05) is 43.5 Å². The van der Waals surface area contributed by atoms with Gasteiger partial charge in [0.05, 0.1) is 11.8 Å². The summed E-state index contributed by atoms with van der Waals surface area (Å²) in [7, 11) is 0. The fourth-order valence-electron chi connectivity index (χ4n) is 4.07. The first kappa shape index (κ1) is 18.6. The summed E-state index contributed by atoms with van der Waals surface area (Å²) in [5.41, 5.74) is 2.63. The normalized spacial score (nSPS) is 18.1. The Morgan fingerprint density at radius 1 is 0.929 bits per heavy atom. The van der Waals surface area contributed by atoms with Gasteiger partial charge < -0.3 is 19.5 Å². The SMILES string of the molecule is O=C(Nc1ccc(N2CCCCC2)cc1)C1CCN(C(=O)c2ccoc2)CC1. The standard InChI is InChI=1S/C22H27N3O3/c26-21(17-8-13-25(14-9-17)22(27)18-10-15-28-16-18)23-19-4-6-20(7-5-19)24-11-2-1-3-12-24/h4-7,10,15-17H,1-3,8-9,11-14H2,(H,23,26). The van der Waals surface area contributed by atoms with Gasteiger partial charge in [-0.1, -0.05) is 0 Å². The third-order valence-electron chi connectivity index (χ3n) is 5.78. The minimum absolute atomic E-state index is 0.0269. The maximum absolute atomic E-state index is 12.6. The average Bonchev–Trinajstić information content (AvgIpc) is 3.29. The maximum atomic E-state index is 12.6. The number of benzene rings is 1. The van der Waals surface area contributed by atoms with Crippen LogP contribution in [0.1, 0.15) is 42.5 Å². The van der Waals surface area contributed by atoms with E-state index in [-0.39, 0.29) is 17.7 Å². The van der Waals surface area contributed by atoms with Crippen LogP contribution in [-0.2, 0) is 4.79 Å². The van der Waals surface area contributed by atoms with Crippen LogP contribution in [0.2, 0.25) is 0 Å². The summed E-state index contributed by atoms with van der Waals surface area (Å²) in [4.78, 5) is 29.2. The predicted molar refractivity (Wildman–Crippen MR) is 108 cm³/mol. The molecule has 148 valence electrons. The molecule has 0 saturated carbocycles. The lowest BCUT2D eigenvalue weighted by Gasteiger charge is -2.31. The Balaban J connectivity index is 1.28. The van der Waals surface area contributed by atoms with Gasteiger partial charge in [-0.05, 0) is 62.4 Å². The summed E-state index contributed by atoms with van der Waals surface area (Å²) in [5, 5.41) is 3.04. The van der Waals surface area contributed by atoms with Gasteiger partial charge in [0.15, 0.2) is 0 Å². The molecule has 2 aliphatic heterocycles. The first-order valence-electron chi connectivity index (χ1n) is 10.2. The second kappa shape index (κ2) is 8.50. The van der Waals surface area contributed by atoms with Crippen LogP contribution in [0.3, 0.4) is 0 Å². The molecule has 2 fully saturated rings. The Labute approximate surface area is 165 Å². The van der Waals surface area contributed by atoms with Crippen LogP contribution in [0.4, 0.5) is 11.4 Å². The van der Waals surface area contributed by atoms with Crippen molar-refractivity contribution in [3.05, 3.63) is 48.4 Å². The number of amides is 2. The molecular weight excluding hydrogens is 354 g/mol. The third-order valence-corrected chi connectivity index (χ3v) is 5.78. The highest BCUT2D eigenvalue weighted by molar-refractivity contribution is 5.95. The Morgan fingerprint density at radius 2 is 1.64 bits per heavy atom. The molecule has 0 bridgehead atoms. The number of hydrogen-bond acceptors (Lipinski definition) is 4. The zero-order chi connectivity index (χ0) is 19.3. The Bertz CT molecular complexity index is 787. The molecule has 1 aromatic heterocycles. The van der Waals surface area contributed by atoms with Crippen LogP contribution in [0.25, 0.3) is 0 Å². The van der Waals surface area contributed by atoms with Gasteiger partial charge in [-0.15, -0.1) is 0 Å². The van der Waals surface area contributed by atoms with Crippen molar-refractivity contribution in [1.82, 2.24) is 4.90 Å². The van der Waals surface area contributed by atoms with Gasteiger partial charge in [0.25, 0.3) is 5.91 Å². The summed E-state index contributed by atoms with van der Waals surface area (Å²) < 4.78 is 4.98. The predicted octanol–water partition coefficient (Wildman–Crippen LogP) is 3.76. The van der Waals surface area contributed by atoms with Crippen LogP contribution < -0.4 is 10.2 Å². The van der Waals surface area contributed by atoms with Crippen LogP contribution in [0.15, 0.2) is 47.3 Å². The Kier molecular flexibility index (Phi) is 5.65. The quantitative estimate of drug-likeness (QED) is 0.876. The van der Waals surface area contributed by atoms with E-state index in [2.05, 4.69) is 22.3 Å². The number of likely N-dealkylation sites (tertiary alicyclic amines) is 1. The average molecular weight is 381 g/mol. The van der Waals surface area contributed by atoms with Crippen LogP contribution >= 0.6 is 0 Å². The molecule has 2 amide bonds. The highest BCUT2D eigenvalue weighted by Crippen LogP contribution is 2.24. The highest BCUT2D eigenvalue weighted by Gasteiger charge is 2.28. The molecule has 2 saturated heterocycles. The first-order valence-corrected chi connectivity index (χ1v) is 10.2. The zero-order valence-corrected chi connectivity index (χ0v) is 16.1. The van der Waals surface area contributed by atoms with Gasteiger partial charge in [0.2, 0.25) is 5.91 Å². The van der Waals surface area contributed by atoms with Crippen molar-refractivity contribution in [2.45, 2.75) is 32.1 Å². The number of piperidine rings is 2. The molecule has 0 atom stereocenters. The summed E-state index contributed by atoms with van der Waals surface area (Å²) in [6, 6.07) is 9.83. The van der Waals surface area contributed by atoms with Crippen LogP contribution in [-0.4, -0.2) is 42.9 Å². The number of carbonyl (C=O) groups is 2. The molecule has 4 rings (SSSR count). The van der Waals surface area contributed by atoms with Gasteiger partial charge in [0.1, 0.15) is 6.26 Å². The van der Waals surface area contributed by atoms with E-state index < -0.39 is 0 Å². The minimum Gasteiger partial charge on any atom is -0.472 e. The highest BCUT2D eigenvalue weighted by atomic mass is 16.3. The molecule has 6 heteroatoms. The van der Waals surface area contributed by atoms with Crippen molar-refractivity contribution < 1.29 is 14.0 Å². The lowest BCUT2D eigenvalue weighted by Crippen LogP contribution is -2.41. The number of rotatable bonds is 4. The smallest absolute Gasteiger partial charge is 0.257 e. The Morgan fingerprint density at radius 3 is 2.29 bits per heavy atom. The molecule has 0 radical (unpaired) electrons. The van der Waals surface area contributed by atoms with Gasteiger partial charge in [-0.25, -0.2) is 0 Å². The topological polar surface area (TPSA) is 65.8 Å². The molecule has 0 unspecified atom stereocenters. The molecule has 1 N–H and O–H groups in total.